The fourth-order valence-electron chi connectivity index (χ4n) is 8.04. The Labute approximate surface area is 199 Å². The molecular weight excluding hydrogens is 408 g/mol. The number of fused-ring (bicyclic) bond motifs is 5. The Bertz CT molecular complexity index is 1010. The third kappa shape index (κ3) is 3.56. The molecule has 33 heavy (non-hydrogen) atoms. The first-order chi connectivity index (χ1) is 15.5. The van der Waals surface area contributed by atoms with Crippen molar-refractivity contribution in [3.05, 3.63) is 41.6 Å². The summed E-state index contributed by atoms with van der Waals surface area (Å²) >= 11 is 0. The monoisotopic (exact) mass is 448 g/mol. The average molecular weight is 449 g/mol. The molecule has 0 aromatic heterocycles. The predicted molar refractivity (Wildman–Crippen MR) is 133 cm³/mol. The van der Waals surface area contributed by atoms with E-state index >= 15 is 0 Å². The summed E-state index contributed by atoms with van der Waals surface area (Å²) in [7, 11) is 0. The van der Waals surface area contributed by atoms with Crippen LogP contribution in [0.1, 0.15) is 78.7 Å². The van der Waals surface area contributed by atoms with E-state index in [1.807, 2.05) is 18.2 Å². The van der Waals surface area contributed by atoms with Gasteiger partial charge in [-0.3, -0.25) is 9.59 Å². The van der Waals surface area contributed by atoms with E-state index in [1.165, 1.54) is 11.3 Å². The Kier molecular flexibility index (Phi) is 5.30. The quantitative estimate of drug-likeness (QED) is 0.598. The van der Waals surface area contributed by atoms with Gasteiger partial charge in [0.2, 0.25) is 5.91 Å². The SMILES string of the molecule is CC(C)(C)c1ccccc1NC(=O)[C@H]1CC[C@H]2[C@@H]3CNC4=CC(=O)CC[C@]4(C)[C@H]3CC[C@]12C. The second kappa shape index (κ2) is 7.71. The summed E-state index contributed by atoms with van der Waals surface area (Å²) in [6, 6.07) is 8.26. The highest BCUT2D eigenvalue weighted by molar-refractivity contribution is 5.94. The molecule has 1 saturated heterocycles. The number of allylic oxidation sites excluding steroid dienone is 2. The van der Waals surface area contributed by atoms with E-state index in [0.717, 1.165) is 44.3 Å². The van der Waals surface area contributed by atoms with Crippen LogP contribution in [0, 0.1) is 34.5 Å². The van der Waals surface area contributed by atoms with Crippen LogP contribution in [0.25, 0.3) is 0 Å². The van der Waals surface area contributed by atoms with Gasteiger partial charge in [0.1, 0.15) is 0 Å². The zero-order valence-corrected chi connectivity index (χ0v) is 21.0. The number of hydrogen-bond acceptors (Lipinski definition) is 3. The number of nitrogens with one attached hydrogen (secondary N) is 2. The molecule has 3 aliphatic carbocycles. The normalized spacial score (nSPS) is 37.8. The highest BCUT2D eigenvalue weighted by atomic mass is 16.2. The van der Waals surface area contributed by atoms with Gasteiger partial charge in [-0.1, -0.05) is 52.8 Å². The van der Waals surface area contributed by atoms with E-state index < -0.39 is 0 Å². The Hall–Kier alpha value is -2.10. The number of para-hydroxylation sites is 1. The molecule has 0 unspecified atom stereocenters. The zero-order chi connectivity index (χ0) is 23.6. The number of carbonyl (C=O) groups is 2. The lowest BCUT2D eigenvalue weighted by Crippen LogP contribution is -2.57. The van der Waals surface area contributed by atoms with Crippen molar-refractivity contribution in [2.75, 3.05) is 11.9 Å². The lowest BCUT2D eigenvalue weighted by Gasteiger charge is -2.58. The molecule has 0 spiro atoms. The summed E-state index contributed by atoms with van der Waals surface area (Å²) in [6.45, 7) is 12.3. The Morgan fingerprint density at radius 2 is 1.82 bits per heavy atom. The van der Waals surface area contributed by atoms with Gasteiger partial charge in [0.25, 0.3) is 0 Å². The predicted octanol–water partition coefficient (Wildman–Crippen LogP) is 5.84. The Balaban J connectivity index is 1.37. The zero-order valence-electron chi connectivity index (χ0n) is 21.0. The third-order valence-electron chi connectivity index (χ3n) is 9.90. The Morgan fingerprint density at radius 1 is 1.06 bits per heavy atom. The first kappa shape index (κ1) is 22.7. The van der Waals surface area contributed by atoms with E-state index in [4.69, 9.17) is 0 Å². The number of amides is 1. The largest absolute Gasteiger partial charge is 0.387 e. The molecular formula is C29H40N2O2. The van der Waals surface area contributed by atoms with Crippen LogP contribution >= 0.6 is 0 Å². The highest BCUT2D eigenvalue weighted by Gasteiger charge is 2.60. The van der Waals surface area contributed by atoms with Gasteiger partial charge in [0.05, 0.1) is 0 Å². The maximum absolute atomic E-state index is 13.7. The van der Waals surface area contributed by atoms with Crippen molar-refractivity contribution >= 4 is 17.4 Å². The smallest absolute Gasteiger partial charge is 0.228 e. The molecule has 3 fully saturated rings. The number of ketones is 1. The molecule has 5 rings (SSSR count). The number of rotatable bonds is 2. The summed E-state index contributed by atoms with van der Waals surface area (Å²) in [5.41, 5.74) is 3.45. The topological polar surface area (TPSA) is 58.2 Å². The summed E-state index contributed by atoms with van der Waals surface area (Å²) in [6.07, 6.45) is 7.88. The number of anilines is 1. The standard InChI is InChI=1S/C29H40N2O2/c1-27(2,3)22-8-6-7-9-24(22)31-26(33)23-11-10-20-19-17-30-25-16-18(32)12-14-29(25,5)21(19)13-15-28(20,23)4/h6-9,16,19-21,23,30H,10-15,17H2,1-5H3,(H,31,33)/t19-,20-,21-,23+,28-,29+/m0/s1. The minimum atomic E-state index is -0.0140. The second-order valence-corrected chi connectivity index (χ2v) is 12.7. The highest BCUT2D eigenvalue weighted by Crippen LogP contribution is 2.64. The van der Waals surface area contributed by atoms with Crippen molar-refractivity contribution < 1.29 is 9.59 Å². The van der Waals surface area contributed by atoms with Gasteiger partial charge in [-0.25, -0.2) is 0 Å². The van der Waals surface area contributed by atoms with Crippen molar-refractivity contribution in [3.8, 4) is 0 Å². The van der Waals surface area contributed by atoms with E-state index in [1.54, 1.807) is 0 Å². The summed E-state index contributed by atoms with van der Waals surface area (Å²) < 4.78 is 0. The number of hydrogen-bond donors (Lipinski definition) is 2. The van der Waals surface area contributed by atoms with E-state index in [-0.39, 0.29) is 33.9 Å². The molecule has 2 N–H and O–H groups in total. The van der Waals surface area contributed by atoms with Crippen LogP contribution in [-0.4, -0.2) is 18.2 Å². The fourth-order valence-corrected chi connectivity index (χ4v) is 8.04. The van der Waals surface area contributed by atoms with Crippen LogP contribution in [0.4, 0.5) is 5.69 Å². The molecule has 4 nitrogen and oxygen atoms in total. The number of piperidine rings is 1. The molecule has 178 valence electrons. The van der Waals surface area contributed by atoms with Gasteiger partial charge in [-0.15, -0.1) is 0 Å². The Morgan fingerprint density at radius 3 is 2.58 bits per heavy atom. The van der Waals surface area contributed by atoms with Gasteiger partial charge in [-0.2, -0.15) is 0 Å². The number of carbonyl (C=O) groups excluding carboxylic acids is 2. The van der Waals surface area contributed by atoms with Crippen molar-refractivity contribution in [2.45, 2.75) is 78.6 Å². The van der Waals surface area contributed by atoms with Crippen molar-refractivity contribution in [2.24, 2.45) is 34.5 Å². The first-order valence-corrected chi connectivity index (χ1v) is 12.9. The summed E-state index contributed by atoms with van der Waals surface area (Å²) in [5.74, 6) is 2.29. The molecule has 6 atom stereocenters. The molecule has 1 amide bonds. The molecule has 0 bridgehead atoms. The molecule has 0 radical (unpaired) electrons. The van der Waals surface area contributed by atoms with Crippen molar-refractivity contribution in [1.29, 1.82) is 0 Å². The maximum Gasteiger partial charge on any atom is 0.228 e. The van der Waals surface area contributed by atoms with Crippen LogP contribution in [-0.2, 0) is 15.0 Å². The van der Waals surface area contributed by atoms with E-state index in [9.17, 15) is 9.59 Å². The van der Waals surface area contributed by atoms with Gasteiger partial charge in [0, 0.05) is 41.8 Å². The molecule has 1 aliphatic heterocycles. The first-order valence-electron chi connectivity index (χ1n) is 12.9. The number of benzene rings is 1. The minimum Gasteiger partial charge on any atom is -0.387 e. The molecule has 1 aromatic rings. The van der Waals surface area contributed by atoms with Crippen LogP contribution in [0.3, 0.4) is 0 Å². The van der Waals surface area contributed by atoms with Gasteiger partial charge >= 0.3 is 0 Å². The van der Waals surface area contributed by atoms with Crippen LogP contribution in [0.2, 0.25) is 0 Å². The lowest BCUT2D eigenvalue weighted by molar-refractivity contribution is -0.127. The maximum atomic E-state index is 13.7. The molecule has 1 heterocycles. The average Bonchev–Trinajstić information content (AvgIpc) is 3.11. The molecule has 4 heteroatoms. The van der Waals surface area contributed by atoms with Gasteiger partial charge in [-0.05, 0) is 72.3 Å². The van der Waals surface area contributed by atoms with Crippen molar-refractivity contribution in [3.63, 3.8) is 0 Å². The van der Waals surface area contributed by atoms with Gasteiger partial charge < -0.3 is 10.6 Å². The van der Waals surface area contributed by atoms with Crippen LogP contribution in [0.5, 0.6) is 0 Å². The van der Waals surface area contributed by atoms with Crippen molar-refractivity contribution in [1.82, 2.24) is 5.32 Å². The second-order valence-electron chi connectivity index (χ2n) is 12.7. The molecule has 1 aromatic carbocycles. The van der Waals surface area contributed by atoms with E-state index in [2.05, 4.69) is 57.4 Å². The summed E-state index contributed by atoms with van der Waals surface area (Å²) in [5, 5.41) is 7.01. The van der Waals surface area contributed by atoms with Crippen LogP contribution in [0.15, 0.2) is 36.0 Å². The van der Waals surface area contributed by atoms with Crippen LogP contribution < -0.4 is 10.6 Å². The lowest BCUT2D eigenvalue weighted by atomic mass is 9.50. The fraction of sp³-hybridized carbons (Fsp3) is 0.655. The molecule has 4 aliphatic rings. The molecule has 2 saturated carbocycles. The third-order valence-corrected chi connectivity index (χ3v) is 9.90. The van der Waals surface area contributed by atoms with E-state index in [0.29, 0.717) is 24.2 Å². The summed E-state index contributed by atoms with van der Waals surface area (Å²) in [4.78, 5) is 25.7. The minimum absolute atomic E-state index is 0.0140. The van der Waals surface area contributed by atoms with Gasteiger partial charge in [0.15, 0.2) is 5.78 Å².